The molecule has 0 aliphatic carbocycles. The SMILES string of the molecule is CCNCc1ccc(OCCCCC#N)cn1. The first-order chi connectivity index (χ1) is 8.36. The lowest BCUT2D eigenvalue weighted by molar-refractivity contribution is 0.306. The Balaban J connectivity index is 2.23. The van der Waals surface area contributed by atoms with E-state index in [1.54, 1.807) is 6.20 Å². The maximum absolute atomic E-state index is 8.38. The number of nitrogens with one attached hydrogen (secondary N) is 1. The average molecular weight is 233 g/mol. The quantitative estimate of drug-likeness (QED) is 0.700. The van der Waals surface area contributed by atoms with Gasteiger partial charge in [0, 0.05) is 13.0 Å². The van der Waals surface area contributed by atoms with Crippen LogP contribution >= 0.6 is 0 Å². The normalized spacial score (nSPS) is 9.88. The molecule has 4 heteroatoms. The average Bonchev–Trinajstić information content (AvgIpc) is 2.37. The maximum Gasteiger partial charge on any atom is 0.137 e. The van der Waals surface area contributed by atoms with E-state index in [1.807, 2.05) is 12.1 Å². The zero-order valence-corrected chi connectivity index (χ0v) is 10.3. The molecular weight excluding hydrogens is 214 g/mol. The number of rotatable bonds is 8. The van der Waals surface area contributed by atoms with Crippen LogP contribution in [0.2, 0.25) is 0 Å². The molecular formula is C13H19N3O. The van der Waals surface area contributed by atoms with E-state index in [4.69, 9.17) is 10.00 Å². The van der Waals surface area contributed by atoms with E-state index in [0.29, 0.717) is 13.0 Å². The Bertz CT molecular complexity index is 343. The molecule has 0 atom stereocenters. The van der Waals surface area contributed by atoms with Crippen LogP contribution in [0.15, 0.2) is 18.3 Å². The van der Waals surface area contributed by atoms with E-state index >= 15 is 0 Å². The Morgan fingerprint density at radius 1 is 1.41 bits per heavy atom. The molecule has 0 spiro atoms. The number of pyridine rings is 1. The van der Waals surface area contributed by atoms with Crippen LogP contribution in [0.1, 0.15) is 31.9 Å². The summed E-state index contributed by atoms with van der Waals surface area (Å²) in [5.41, 5.74) is 1.02. The molecule has 0 fully saturated rings. The minimum atomic E-state index is 0.600. The monoisotopic (exact) mass is 233 g/mol. The van der Waals surface area contributed by atoms with Gasteiger partial charge in [-0.3, -0.25) is 4.98 Å². The van der Waals surface area contributed by atoms with Crippen LogP contribution in [0.5, 0.6) is 5.75 Å². The summed E-state index contributed by atoms with van der Waals surface area (Å²) in [7, 11) is 0. The molecule has 1 aromatic rings. The molecule has 0 bridgehead atoms. The fraction of sp³-hybridized carbons (Fsp3) is 0.538. The molecule has 1 rings (SSSR count). The van der Waals surface area contributed by atoms with Crippen molar-refractivity contribution < 1.29 is 4.74 Å². The summed E-state index contributed by atoms with van der Waals surface area (Å²) >= 11 is 0. The van der Waals surface area contributed by atoms with Crippen molar-refractivity contribution in [1.82, 2.24) is 10.3 Å². The highest BCUT2D eigenvalue weighted by Gasteiger charge is 1.96. The molecule has 0 radical (unpaired) electrons. The molecule has 0 aliphatic heterocycles. The summed E-state index contributed by atoms with van der Waals surface area (Å²) in [5.74, 6) is 0.794. The molecule has 1 aromatic heterocycles. The summed E-state index contributed by atoms with van der Waals surface area (Å²) in [6.45, 7) is 4.45. The third kappa shape index (κ3) is 5.88. The fourth-order valence-electron chi connectivity index (χ4n) is 1.35. The van der Waals surface area contributed by atoms with Gasteiger partial charge in [0.05, 0.1) is 24.6 Å². The van der Waals surface area contributed by atoms with Gasteiger partial charge in [-0.2, -0.15) is 5.26 Å². The zero-order valence-electron chi connectivity index (χ0n) is 10.3. The molecule has 17 heavy (non-hydrogen) atoms. The predicted molar refractivity (Wildman–Crippen MR) is 66.6 cm³/mol. The van der Waals surface area contributed by atoms with Crippen LogP contribution < -0.4 is 10.1 Å². The van der Waals surface area contributed by atoms with Crippen molar-refractivity contribution in [2.24, 2.45) is 0 Å². The molecule has 4 nitrogen and oxygen atoms in total. The fourth-order valence-corrected chi connectivity index (χ4v) is 1.35. The lowest BCUT2D eigenvalue weighted by atomic mass is 10.2. The minimum Gasteiger partial charge on any atom is -0.492 e. The molecule has 0 aromatic carbocycles. The van der Waals surface area contributed by atoms with Crippen molar-refractivity contribution >= 4 is 0 Å². The molecule has 92 valence electrons. The third-order valence-corrected chi connectivity index (χ3v) is 2.31. The molecule has 1 N–H and O–H groups in total. The number of hydrogen-bond donors (Lipinski definition) is 1. The summed E-state index contributed by atoms with van der Waals surface area (Å²) < 4.78 is 5.52. The van der Waals surface area contributed by atoms with E-state index in [0.717, 1.165) is 37.4 Å². The van der Waals surface area contributed by atoms with Gasteiger partial charge in [-0.05, 0) is 31.5 Å². The Hall–Kier alpha value is -1.60. The van der Waals surface area contributed by atoms with Crippen molar-refractivity contribution in [2.45, 2.75) is 32.7 Å². The van der Waals surface area contributed by atoms with Crippen LogP contribution in [0, 0.1) is 11.3 Å². The topological polar surface area (TPSA) is 57.9 Å². The van der Waals surface area contributed by atoms with E-state index in [9.17, 15) is 0 Å². The second-order valence-electron chi connectivity index (χ2n) is 3.73. The summed E-state index contributed by atoms with van der Waals surface area (Å²) in [5, 5.41) is 11.6. The minimum absolute atomic E-state index is 0.600. The summed E-state index contributed by atoms with van der Waals surface area (Å²) in [6.07, 6.45) is 4.15. The first-order valence-electron chi connectivity index (χ1n) is 6.02. The smallest absolute Gasteiger partial charge is 0.137 e. The van der Waals surface area contributed by atoms with Gasteiger partial charge in [-0.1, -0.05) is 6.92 Å². The maximum atomic E-state index is 8.38. The van der Waals surface area contributed by atoms with Crippen LogP contribution in [-0.4, -0.2) is 18.1 Å². The molecule has 0 unspecified atom stereocenters. The van der Waals surface area contributed by atoms with Gasteiger partial charge in [0.25, 0.3) is 0 Å². The van der Waals surface area contributed by atoms with E-state index < -0.39 is 0 Å². The van der Waals surface area contributed by atoms with Gasteiger partial charge in [0.1, 0.15) is 5.75 Å². The molecule has 1 heterocycles. The number of aromatic nitrogens is 1. The molecule has 0 amide bonds. The third-order valence-electron chi connectivity index (χ3n) is 2.31. The number of hydrogen-bond acceptors (Lipinski definition) is 4. The van der Waals surface area contributed by atoms with Crippen LogP contribution in [0.3, 0.4) is 0 Å². The predicted octanol–water partition coefficient (Wildman–Crippen LogP) is 2.26. The molecule has 0 aliphatic rings. The number of unbranched alkanes of at least 4 members (excludes halogenated alkanes) is 2. The Labute approximate surface area is 103 Å². The molecule has 0 saturated carbocycles. The number of ether oxygens (including phenoxy) is 1. The van der Waals surface area contributed by atoms with Crippen LogP contribution in [0.4, 0.5) is 0 Å². The Kier molecular flexibility index (Phi) is 6.76. The second kappa shape index (κ2) is 8.54. The van der Waals surface area contributed by atoms with Gasteiger partial charge in [-0.15, -0.1) is 0 Å². The highest BCUT2D eigenvalue weighted by atomic mass is 16.5. The highest BCUT2D eigenvalue weighted by molar-refractivity contribution is 5.19. The second-order valence-corrected chi connectivity index (χ2v) is 3.73. The van der Waals surface area contributed by atoms with Crippen molar-refractivity contribution in [3.05, 3.63) is 24.0 Å². The summed E-state index contributed by atoms with van der Waals surface area (Å²) in [6, 6.07) is 6.02. The summed E-state index contributed by atoms with van der Waals surface area (Å²) in [4.78, 5) is 4.29. The number of nitrogens with zero attached hydrogens (tertiary/aromatic N) is 2. The first-order valence-corrected chi connectivity index (χ1v) is 6.02. The van der Waals surface area contributed by atoms with Crippen LogP contribution in [-0.2, 0) is 6.54 Å². The zero-order chi connectivity index (χ0) is 12.3. The van der Waals surface area contributed by atoms with Crippen molar-refractivity contribution in [2.75, 3.05) is 13.2 Å². The molecule has 0 saturated heterocycles. The van der Waals surface area contributed by atoms with Gasteiger partial charge in [0.15, 0.2) is 0 Å². The van der Waals surface area contributed by atoms with E-state index in [-0.39, 0.29) is 0 Å². The Morgan fingerprint density at radius 2 is 2.29 bits per heavy atom. The Morgan fingerprint density at radius 3 is 2.94 bits per heavy atom. The number of nitriles is 1. The van der Waals surface area contributed by atoms with Gasteiger partial charge in [0.2, 0.25) is 0 Å². The largest absolute Gasteiger partial charge is 0.492 e. The lowest BCUT2D eigenvalue weighted by Crippen LogP contribution is -2.12. The van der Waals surface area contributed by atoms with Gasteiger partial charge < -0.3 is 10.1 Å². The first kappa shape index (κ1) is 13.5. The standard InChI is InChI=1S/C13H19N3O/c1-2-15-10-12-6-7-13(11-16-12)17-9-5-3-4-8-14/h6-7,11,15H,2-5,9-10H2,1H3. The van der Waals surface area contributed by atoms with E-state index in [1.165, 1.54) is 0 Å². The van der Waals surface area contributed by atoms with Gasteiger partial charge in [-0.25, -0.2) is 0 Å². The van der Waals surface area contributed by atoms with Crippen molar-refractivity contribution in [1.29, 1.82) is 5.26 Å². The van der Waals surface area contributed by atoms with Crippen molar-refractivity contribution in [3.8, 4) is 11.8 Å². The lowest BCUT2D eigenvalue weighted by Gasteiger charge is -2.06. The highest BCUT2D eigenvalue weighted by Crippen LogP contribution is 2.09. The van der Waals surface area contributed by atoms with Crippen LogP contribution in [0.25, 0.3) is 0 Å². The van der Waals surface area contributed by atoms with Gasteiger partial charge >= 0.3 is 0 Å². The van der Waals surface area contributed by atoms with E-state index in [2.05, 4.69) is 23.3 Å². The van der Waals surface area contributed by atoms with Crippen molar-refractivity contribution in [3.63, 3.8) is 0 Å².